The van der Waals surface area contributed by atoms with Crippen molar-refractivity contribution in [3.63, 3.8) is 0 Å². The van der Waals surface area contributed by atoms with E-state index in [1.54, 1.807) is 6.07 Å². The fraction of sp³-hybridized carbons (Fsp3) is 0.400. The Morgan fingerprint density at radius 1 is 1.54 bits per heavy atom. The Morgan fingerprint density at radius 2 is 2.23 bits per heavy atom. The number of aldehydes is 1. The van der Waals surface area contributed by atoms with Crippen LogP contribution in [0.15, 0.2) is 16.7 Å². The molecule has 1 aromatic heterocycles. The molecule has 0 unspecified atom stereocenters. The largest absolute Gasteiger partial charge is 0.298 e. The molecule has 13 heavy (non-hydrogen) atoms. The molecular formula is C10H12BrNO. The quantitative estimate of drug-likeness (QED) is 0.602. The average molecular weight is 242 g/mol. The van der Waals surface area contributed by atoms with E-state index >= 15 is 0 Å². The molecule has 0 bridgehead atoms. The van der Waals surface area contributed by atoms with E-state index in [9.17, 15) is 4.79 Å². The van der Waals surface area contributed by atoms with Gasteiger partial charge in [0.05, 0.1) is 0 Å². The van der Waals surface area contributed by atoms with Gasteiger partial charge in [-0.2, -0.15) is 0 Å². The summed E-state index contributed by atoms with van der Waals surface area (Å²) >= 11 is 3.25. The first-order valence-corrected chi connectivity index (χ1v) is 5.03. The van der Waals surface area contributed by atoms with Gasteiger partial charge in [0, 0.05) is 11.3 Å². The molecule has 0 saturated heterocycles. The lowest BCUT2D eigenvalue weighted by Crippen LogP contribution is -1.98. The van der Waals surface area contributed by atoms with E-state index in [-0.39, 0.29) is 0 Å². The van der Waals surface area contributed by atoms with E-state index in [0.29, 0.717) is 16.1 Å². The minimum absolute atomic E-state index is 0.585. The Morgan fingerprint density at radius 3 is 2.69 bits per heavy atom. The van der Waals surface area contributed by atoms with Gasteiger partial charge in [-0.1, -0.05) is 13.8 Å². The predicted octanol–water partition coefficient (Wildman–Crippen LogP) is 2.86. The SMILES string of the molecule is CC(C)Cc1ccc(C=O)c(Br)n1. The summed E-state index contributed by atoms with van der Waals surface area (Å²) < 4.78 is 0.639. The molecule has 3 heteroatoms. The summed E-state index contributed by atoms with van der Waals surface area (Å²) in [4.78, 5) is 14.8. The van der Waals surface area contributed by atoms with Gasteiger partial charge in [-0.3, -0.25) is 4.79 Å². The number of rotatable bonds is 3. The van der Waals surface area contributed by atoms with Crippen LogP contribution in [0.5, 0.6) is 0 Å². The summed E-state index contributed by atoms with van der Waals surface area (Å²) in [7, 11) is 0. The molecule has 1 rings (SSSR count). The second-order valence-corrected chi connectivity index (χ2v) is 4.15. The molecule has 0 N–H and O–H groups in total. The smallest absolute Gasteiger partial charge is 0.152 e. The number of hydrogen-bond donors (Lipinski definition) is 0. The maximum absolute atomic E-state index is 10.5. The van der Waals surface area contributed by atoms with Crippen LogP contribution in [0.4, 0.5) is 0 Å². The van der Waals surface area contributed by atoms with Crippen LogP contribution >= 0.6 is 15.9 Å². The van der Waals surface area contributed by atoms with Gasteiger partial charge in [0.25, 0.3) is 0 Å². The topological polar surface area (TPSA) is 30.0 Å². The van der Waals surface area contributed by atoms with Crippen LogP contribution < -0.4 is 0 Å². The number of hydrogen-bond acceptors (Lipinski definition) is 2. The van der Waals surface area contributed by atoms with Gasteiger partial charge >= 0.3 is 0 Å². The maximum Gasteiger partial charge on any atom is 0.152 e. The summed E-state index contributed by atoms with van der Waals surface area (Å²) in [5.74, 6) is 0.585. The van der Waals surface area contributed by atoms with Gasteiger partial charge in [0.2, 0.25) is 0 Å². The van der Waals surface area contributed by atoms with Crippen LogP contribution in [0.3, 0.4) is 0 Å². The van der Waals surface area contributed by atoms with Crippen LogP contribution in [-0.4, -0.2) is 11.3 Å². The van der Waals surface area contributed by atoms with Crippen LogP contribution in [0, 0.1) is 5.92 Å². The molecule has 70 valence electrons. The Kier molecular flexibility index (Phi) is 3.60. The van der Waals surface area contributed by atoms with Gasteiger partial charge in [0.1, 0.15) is 4.60 Å². The van der Waals surface area contributed by atoms with Crippen molar-refractivity contribution in [2.75, 3.05) is 0 Å². The second kappa shape index (κ2) is 4.51. The van der Waals surface area contributed by atoms with Gasteiger partial charge in [-0.15, -0.1) is 0 Å². The molecule has 0 radical (unpaired) electrons. The van der Waals surface area contributed by atoms with E-state index in [4.69, 9.17) is 0 Å². The number of pyridine rings is 1. The molecule has 1 heterocycles. The van der Waals surface area contributed by atoms with Crippen molar-refractivity contribution < 1.29 is 4.79 Å². The highest BCUT2D eigenvalue weighted by atomic mass is 79.9. The van der Waals surface area contributed by atoms with E-state index < -0.39 is 0 Å². The zero-order valence-corrected chi connectivity index (χ0v) is 9.34. The monoisotopic (exact) mass is 241 g/mol. The second-order valence-electron chi connectivity index (χ2n) is 3.40. The minimum atomic E-state index is 0.585. The van der Waals surface area contributed by atoms with Crippen molar-refractivity contribution in [3.8, 4) is 0 Å². The van der Waals surface area contributed by atoms with Crippen LogP contribution in [-0.2, 0) is 6.42 Å². The third-order valence-electron chi connectivity index (χ3n) is 1.68. The Balaban J connectivity index is 2.89. The summed E-state index contributed by atoms with van der Waals surface area (Å²) in [6.07, 6.45) is 1.74. The summed E-state index contributed by atoms with van der Waals surface area (Å²) in [5.41, 5.74) is 1.62. The van der Waals surface area contributed by atoms with E-state index in [0.717, 1.165) is 18.4 Å². The molecule has 0 aliphatic heterocycles. The van der Waals surface area contributed by atoms with Crippen LogP contribution in [0.1, 0.15) is 29.9 Å². The lowest BCUT2D eigenvalue weighted by Gasteiger charge is -2.04. The van der Waals surface area contributed by atoms with Gasteiger partial charge in [-0.05, 0) is 40.4 Å². The average Bonchev–Trinajstić information content (AvgIpc) is 2.03. The van der Waals surface area contributed by atoms with Crippen molar-refractivity contribution in [1.29, 1.82) is 0 Å². The van der Waals surface area contributed by atoms with Crippen molar-refractivity contribution in [1.82, 2.24) is 4.98 Å². The molecule has 0 amide bonds. The molecule has 0 aliphatic carbocycles. The Hall–Kier alpha value is -0.700. The first-order valence-electron chi connectivity index (χ1n) is 4.24. The van der Waals surface area contributed by atoms with E-state index in [1.807, 2.05) is 6.07 Å². The lowest BCUT2D eigenvalue weighted by atomic mass is 10.1. The summed E-state index contributed by atoms with van der Waals surface area (Å²) in [6, 6.07) is 3.69. The van der Waals surface area contributed by atoms with Crippen molar-refractivity contribution in [2.45, 2.75) is 20.3 Å². The van der Waals surface area contributed by atoms with Crippen LogP contribution in [0.2, 0.25) is 0 Å². The zero-order chi connectivity index (χ0) is 9.84. The first kappa shape index (κ1) is 10.4. The number of aromatic nitrogens is 1. The van der Waals surface area contributed by atoms with E-state index in [1.165, 1.54) is 0 Å². The highest BCUT2D eigenvalue weighted by Crippen LogP contribution is 2.14. The third-order valence-corrected chi connectivity index (χ3v) is 2.31. The molecule has 0 atom stereocenters. The first-order chi connectivity index (χ1) is 6.13. The molecule has 1 aromatic rings. The number of halogens is 1. The van der Waals surface area contributed by atoms with Crippen LogP contribution in [0.25, 0.3) is 0 Å². The van der Waals surface area contributed by atoms with Gasteiger partial charge in [-0.25, -0.2) is 4.98 Å². The fourth-order valence-electron chi connectivity index (χ4n) is 1.10. The van der Waals surface area contributed by atoms with Gasteiger partial charge < -0.3 is 0 Å². The summed E-state index contributed by atoms with van der Waals surface area (Å²) in [6.45, 7) is 4.28. The number of carbonyl (C=O) groups is 1. The predicted molar refractivity (Wildman–Crippen MR) is 55.9 cm³/mol. The summed E-state index contributed by atoms with van der Waals surface area (Å²) in [5, 5.41) is 0. The van der Waals surface area contributed by atoms with Crippen molar-refractivity contribution >= 4 is 22.2 Å². The molecule has 0 spiro atoms. The zero-order valence-electron chi connectivity index (χ0n) is 7.75. The van der Waals surface area contributed by atoms with Crippen molar-refractivity contribution in [3.05, 3.63) is 28.0 Å². The lowest BCUT2D eigenvalue weighted by molar-refractivity contribution is 0.112. The molecule has 0 fully saturated rings. The molecule has 0 aromatic carbocycles. The third kappa shape index (κ3) is 2.92. The molecular weight excluding hydrogens is 230 g/mol. The fourth-order valence-corrected chi connectivity index (χ4v) is 1.56. The van der Waals surface area contributed by atoms with Gasteiger partial charge in [0.15, 0.2) is 6.29 Å². The Labute approximate surface area is 86.5 Å². The maximum atomic E-state index is 10.5. The number of nitrogens with zero attached hydrogens (tertiary/aromatic N) is 1. The highest BCUT2D eigenvalue weighted by molar-refractivity contribution is 9.10. The Bertz CT molecular complexity index is 310. The highest BCUT2D eigenvalue weighted by Gasteiger charge is 2.03. The van der Waals surface area contributed by atoms with E-state index in [2.05, 4.69) is 34.8 Å². The van der Waals surface area contributed by atoms with Crippen molar-refractivity contribution in [2.24, 2.45) is 5.92 Å². The molecule has 2 nitrogen and oxygen atoms in total. The molecule has 0 saturated carbocycles. The standard InChI is InChI=1S/C10H12BrNO/c1-7(2)5-9-4-3-8(6-13)10(11)12-9/h3-4,6-7H,5H2,1-2H3. The molecule has 0 aliphatic rings. The number of carbonyl (C=O) groups excluding carboxylic acids is 1. The minimum Gasteiger partial charge on any atom is -0.298 e. The normalized spacial score (nSPS) is 10.5.